The van der Waals surface area contributed by atoms with Crippen LogP contribution in [0.25, 0.3) is 16.8 Å². The normalized spacial score (nSPS) is 15.5. The summed E-state index contributed by atoms with van der Waals surface area (Å²) in [4.78, 5) is 15.2. The highest BCUT2D eigenvalue weighted by Crippen LogP contribution is 2.38. The van der Waals surface area contributed by atoms with Gasteiger partial charge in [0.2, 0.25) is 0 Å². The van der Waals surface area contributed by atoms with Crippen molar-refractivity contribution in [1.29, 1.82) is 0 Å². The van der Waals surface area contributed by atoms with Gasteiger partial charge < -0.3 is 9.47 Å². The van der Waals surface area contributed by atoms with Gasteiger partial charge in [0, 0.05) is 11.6 Å². The summed E-state index contributed by atoms with van der Waals surface area (Å²) in [6.45, 7) is 0. The minimum absolute atomic E-state index is 0.136. The lowest BCUT2D eigenvalue weighted by Gasteiger charge is -2.15. The van der Waals surface area contributed by atoms with Crippen LogP contribution in [-0.2, 0) is 4.79 Å². The zero-order chi connectivity index (χ0) is 19.7. The summed E-state index contributed by atoms with van der Waals surface area (Å²) in [6, 6.07) is 19.4. The minimum Gasteiger partial charge on any atom is -0.497 e. The first kappa shape index (κ1) is 18.5. The number of carbonyl (C=O) groups is 1. The first-order chi connectivity index (χ1) is 13.6. The fourth-order valence-corrected chi connectivity index (χ4v) is 4.37. The van der Waals surface area contributed by atoms with Crippen molar-refractivity contribution in [3.05, 3.63) is 71.1 Å². The number of amides is 1. The molecule has 0 saturated carbocycles. The van der Waals surface area contributed by atoms with E-state index in [1.54, 1.807) is 31.3 Å². The van der Waals surface area contributed by atoms with Crippen molar-refractivity contribution in [1.82, 2.24) is 0 Å². The van der Waals surface area contributed by atoms with E-state index in [4.69, 9.17) is 21.7 Å². The number of thioether (sulfide) groups is 1. The second kappa shape index (κ2) is 7.66. The van der Waals surface area contributed by atoms with Gasteiger partial charge in [0.15, 0.2) is 4.32 Å². The van der Waals surface area contributed by atoms with Crippen LogP contribution in [0.3, 0.4) is 0 Å². The van der Waals surface area contributed by atoms with Crippen LogP contribution in [0.4, 0.5) is 5.69 Å². The van der Waals surface area contributed by atoms with Crippen LogP contribution < -0.4 is 14.4 Å². The highest BCUT2D eigenvalue weighted by molar-refractivity contribution is 8.27. The highest BCUT2D eigenvalue weighted by Gasteiger charge is 2.33. The Kier molecular flexibility index (Phi) is 5.07. The number of hydrogen-bond donors (Lipinski definition) is 0. The number of benzene rings is 3. The van der Waals surface area contributed by atoms with Gasteiger partial charge in [-0.1, -0.05) is 54.3 Å². The fraction of sp³-hybridized carbons (Fsp3) is 0.0909. The van der Waals surface area contributed by atoms with Gasteiger partial charge in [0.1, 0.15) is 11.5 Å². The largest absolute Gasteiger partial charge is 0.497 e. The number of carbonyl (C=O) groups excluding carboxylic acids is 1. The molecular weight excluding hydrogens is 390 g/mol. The number of thiocarbonyl (C=S) groups is 1. The Labute approximate surface area is 172 Å². The summed E-state index contributed by atoms with van der Waals surface area (Å²) in [5, 5.41) is 2.19. The molecule has 0 aliphatic carbocycles. The van der Waals surface area contributed by atoms with Crippen LogP contribution in [0.2, 0.25) is 0 Å². The van der Waals surface area contributed by atoms with Crippen LogP contribution in [0.1, 0.15) is 5.56 Å². The first-order valence-electron chi connectivity index (χ1n) is 8.59. The van der Waals surface area contributed by atoms with E-state index in [1.807, 2.05) is 54.6 Å². The maximum atomic E-state index is 13.1. The second-order valence-electron chi connectivity index (χ2n) is 6.16. The average molecular weight is 408 g/mol. The quantitative estimate of drug-likeness (QED) is 0.436. The molecule has 3 aromatic carbocycles. The predicted octanol–water partition coefficient (Wildman–Crippen LogP) is 5.26. The molecule has 0 N–H and O–H groups in total. The van der Waals surface area contributed by atoms with E-state index in [1.165, 1.54) is 11.8 Å². The number of anilines is 1. The summed E-state index contributed by atoms with van der Waals surface area (Å²) in [7, 11) is 3.19. The summed E-state index contributed by atoms with van der Waals surface area (Å²) in [6.07, 6.45) is 1.80. The molecule has 1 saturated heterocycles. The lowest BCUT2D eigenvalue weighted by molar-refractivity contribution is -0.113. The van der Waals surface area contributed by atoms with Crippen molar-refractivity contribution in [2.75, 3.05) is 19.1 Å². The maximum Gasteiger partial charge on any atom is 0.270 e. The molecule has 140 valence electrons. The Morgan fingerprint density at radius 1 is 0.964 bits per heavy atom. The number of ether oxygens (including phenoxy) is 2. The zero-order valence-corrected chi connectivity index (χ0v) is 17.0. The van der Waals surface area contributed by atoms with Gasteiger partial charge >= 0.3 is 0 Å². The van der Waals surface area contributed by atoms with Gasteiger partial charge in [-0.2, -0.15) is 0 Å². The van der Waals surface area contributed by atoms with Gasteiger partial charge in [0.05, 0.1) is 24.8 Å². The predicted molar refractivity (Wildman–Crippen MR) is 119 cm³/mol. The minimum atomic E-state index is -0.136. The number of rotatable bonds is 4. The van der Waals surface area contributed by atoms with Crippen molar-refractivity contribution < 1.29 is 14.3 Å². The lowest BCUT2D eigenvalue weighted by Crippen LogP contribution is -2.27. The average Bonchev–Trinajstić information content (AvgIpc) is 3.00. The zero-order valence-electron chi connectivity index (χ0n) is 15.3. The molecule has 4 nitrogen and oxygen atoms in total. The van der Waals surface area contributed by atoms with Crippen molar-refractivity contribution in [3.8, 4) is 11.5 Å². The molecule has 6 heteroatoms. The van der Waals surface area contributed by atoms with Gasteiger partial charge in [0.25, 0.3) is 5.91 Å². The molecule has 1 heterocycles. The molecule has 0 spiro atoms. The van der Waals surface area contributed by atoms with Crippen molar-refractivity contribution >= 4 is 56.7 Å². The topological polar surface area (TPSA) is 38.8 Å². The van der Waals surface area contributed by atoms with E-state index in [-0.39, 0.29) is 5.91 Å². The van der Waals surface area contributed by atoms with E-state index >= 15 is 0 Å². The number of hydrogen-bond acceptors (Lipinski definition) is 5. The van der Waals surface area contributed by atoms with Crippen molar-refractivity contribution in [3.63, 3.8) is 0 Å². The number of methoxy groups -OCH3 is 2. The Balaban J connectivity index is 1.69. The molecular formula is C22H17NO3S2. The van der Waals surface area contributed by atoms with E-state index in [0.717, 1.165) is 22.0 Å². The van der Waals surface area contributed by atoms with E-state index < -0.39 is 0 Å². The summed E-state index contributed by atoms with van der Waals surface area (Å²) in [5.41, 5.74) is 1.56. The third-order valence-electron chi connectivity index (χ3n) is 4.51. The van der Waals surface area contributed by atoms with E-state index in [9.17, 15) is 4.79 Å². The second-order valence-corrected chi connectivity index (χ2v) is 7.83. The van der Waals surface area contributed by atoms with Crippen molar-refractivity contribution in [2.45, 2.75) is 0 Å². The smallest absolute Gasteiger partial charge is 0.270 e. The van der Waals surface area contributed by atoms with Gasteiger partial charge in [-0.25, -0.2) is 0 Å². The Morgan fingerprint density at radius 3 is 2.50 bits per heavy atom. The van der Waals surface area contributed by atoms with Gasteiger partial charge in [-0.05, 0) is 41.1 Å². The SMILES string of the molecule is COc1ccc(/C=C2/SC(=S)N(c3ccc4ccccc4c3)C2=O)c(OC)c1. The Bertz CT molecular complexity index is 1120. The summed E-state index contributed by atoms with van der Waals surface area (Å²) >= 11 is 6.78. The van der Waals surface area contributed by atoms with Crippen LogP contribution in [0.5, 0.6) is 11.5 Å². The molecule has 28 heavy (non-hydrogen) atoms. The molecule has 0 bridgehead atoms. The first-order valence-corrected chi connectivity index (χ1v) is 9.82. The number of fused-ring (bicyclic) bond motifs is 1. The molecule has 4 rings (SSSR count). The molecule has 1 aliphatic rings. The third kappa shape index (κ3) is 3.37. The van der Waals surface area contributed by atoms with Crippen molar-refractivity contribution in [2.24, 2.45) is 0 Å². The molecule has 3 aromatic rings. The molecule has 0 radical (unpaired) electrons. The Morgan fingerprint density at radius 2 is 1.75 bits per heavy atom. The molecule has 1 amide bonds. The van der Waals surface area contributed by atoms with Crippen LogP contribution >= 0.6 is 24.0 Å². The Hall–Kier alpha value is -2.83. The summed E-state index contributed by atoms with van der Waals surface area (Å²) < 4.78 is 11.2. The molecule has 1 aliphatic heterocycles. The summed E-state index contributed by atoms with van der Waals surface area (Å²) in [5.74, 6) is 1.19. The van der Waals surface area contributed by atoms with Crippen LogP contribution in [-0.4, -0.2) is 24.4 Å². The lowest BCUT2D eigenvalue weighted by atomic mass is 10.1. The fourth-order valence-electron chi connectivity index (χ4n) is 3.09. The molecule has 0 atom stereocenters. The molecule has 0 aromatic heterocycles. The standard InChI is InChI=1S/C22H17NO3S2/c1-25-18-10-8-16(19(13-18)26-2)12-20-21(24)23(22(27)28-20)17-9-7-14-5-3-4-6-15(14)11-17/h3-13H,1-2H3/b20-12+. The van der Waals surface area contributed by atoms with E-state index in [2.05, 4.69) is 0 Å². The molecule has 0 unspecified atom stereocenters. The third-order valence-corrected chi connectivity index (χ3v) is 5.81. The van der Waals surface area contributed by atoms with Crippen LogP contribution in [0, 0.1) is 0 Å². The van der Waals surface area contributed by atoms with E-state index in [0.29, 0.717) is 20.7 Å². The van der Waals surface area contributed by atoms with Gasteiger partial charge in [-0.15, -0.1) is 0 Å². The molecule has 1 fully saturated rings. The number of nitrogens with zero attached hydrogens (tertiary/aromatic N) is 1. The van der Waals surface area contributed by atoms with Gasteiger partial charge in [-0.3, -0.25) is 9.69 Å². The van der Waals surface area contributed by atoms with Crippen LogP contribution in [0.15, 0.2) is 65.6 Å². The maximum absolute atomic E-state index is 13.1. The monoisotopic (exact) mass is 407 g/mol. The highest BCUT2D eigenvalue weighted by atomic mass is 32.2.